The molecule has 3 rings (SSSR count). The highest BCUT2D eigenvalue weighted by atomic mass is 35.5. The molecular weight excluding hydrogens is 381 g/mol. The number of halogens is 2. The third-order valence-corrected chi connectivity index (χ3v) is 4.12. The van der Waals surface area contributed by atoms with Gasteiger partial charge in [0.15, 0.2) is 6.61 Å². The second-order valence-electron chi connectivity index (χ2n) is 5.20. The maximum absolute atomic E-state index is 12.0. The Hall–Kier alpha value is -2.77. The van der Waals surface area contributed by atoms with Crippen molar-refractivity contribution < 1.29 is 18.7 Å². The summed E-state index contributed by atoms with van der Waals surface area (Å²) in [5, 5.41) is 7.08. The van der Waals surface area contributed by atoms with Crippen LogP contribution in [0.1, 0.15) is 16.3 Å². The number of nitrogens with one attached hydrogen (secondary N) is 1. The van der Waals surface area contributed by atoms with Gasteiger partial charge in [-0.2, -0.15) is 5.10 Å². The fraction of sp³-hybridized carbons (Fsp3) is 0.118. The zero-order chi connectivity index (χ0) is 18.5. The normalized spacial score (nSPS) is 10.5. The molecule has 0 bridgehead atoms. The Morgan fingerprint density at radius 1 is 1.19 bits per heavy atom. The van der Waals surface area contributed by atoms with Crippen molar-refractivity contribution in [3.8, 4) is 0 Å². The fourth-order valence-electron chi connectivity index (χ4n) is 2.12. The molecule has 1 aromatic carbocycles. The van der Waals surface area contributed by atoms with Gasteiger partial charge in [0, 0.05) is 12.4 Å². The van der Waals surface area contributed by atoms with Crippen LogP contribution in [0, 0.1) is 0 Å². The first kappa shape index (κ1) is 18.0. The van der Waals surface area contributed by atoms with Crippen molar-refractivity contribution in [1.29, 1.82) is 0 Å². The van der Waals surface area contributed by atoms with E-state index in [0.717, 1.165) is 0 Å². The minimum absolute atomic E-state index is 0.000689. The number of hydrogen-bond donors (Lipinski definition) is 1. The monoisotopic (exact) mass is 393 g/mol. The molecule has 1 N–H and O–H groups in total. The van der Waals surface area contributed by atoms with Gasteiger partial charge in [-0.05, 0) is 30.3 Å². The molecule has 1 amide bonds. The third-order valence-electron chi connectivity index (χ3n) is 3.30. The predicted octanol–water partition coefficient (Wildman–Crippen LogP) is 3.63. The van der Waals surface area contributed by atoms with Crippen LogP contribution in [0.2, 0.25) is 10.0 Å². The van der Waals surface area contributed by atoms with Gasteiger partial charge in [0.25, 0.3) is 5.91 Å². The third kappa shape index (κ3) is 4.44. The van der Waals surface area contributed by atoms with Crippen LogP contribution in [0.5, 0.6) is 0 Å². The molecule has 0 fully saturated rings. The number of carbonyl (C=O) groups excluding carboxylic acids is 2. The van der Waals surface area contributed by atoms with Gasteiger partial charge in [0.05, 0.1) is 22.3 Å². The Morgan fingerprint density at radius 3 is 2.81 bits per heavy atom. The number of carbonyl (C=O) groups is 2. The van der Waals surface area contributed by atoms with Gasteiger partial charge < -0.3 is 14.5 Å². The molecule has 26 heavy (non-hydrogen) atoms. The van der Waals surface area contributed by atoms with E-state index >= 15 is 0 Å². The highest BCUT2D eigenvalue weighted by Crippen LogP contribution is 2.29. The molecule has 3 aromatic rings. The summed E-state index contributed by atoms with van der Waals surface area (Å²) >= 11 is 11.9. The summed E-state index contributed by atoms with van der Waals surface area (Å²) in [7, 11) is 0. The summed E-state index contributed by atoms with van der Waals surface area (Å²) in [5.74, 6) is -0.758. The molecule has 134 valence electrons. The van der Waals surface area contributed by atoms with Crippen LogP contribution >= 0.6 is 23.2 Å². The minimum atomic E-state index is -0.746. The van der Waals surface area contributed by atoms with E-state index in [9.17, 15) is 9.59 Å². The molecule has 9 heteroatoms. The van der Waals surface area contributed by atoms with Gasteiger partial charge in [-0.25, -0.2) is 4.79 Å². The Bertz CT molecular complexity index is 922. The van der Waals surface area contributed by atoms with E-state index < -0.39 is 18.5 Å². The number of furan rings is 1. The number of ether oxygens (including phenoxy) is 1. The summed E-state index contributed by atoms with van der Waals surface area (Å²) in [5.41, 5.74) is 0.333. The van der Waals surface area contributed by atoms with Crippen molar-refractivity contribution in [2.24, 2.45) is 0 Å². The molecule has 0 radical (unpaired) electrons. The van der Waals surface area contributed by atoms with Crippen molar-refractivity contribution in [3.63, 3.8) is 0 Å². The molecule has 0 saturated heterocycles. The van der Waals surface area contributed by atoms with Gasteiger partial charge >= 0.3 is 5.97 Å². The summed E-state index contributed by atoms with van der Waals surface area (Å²) in [6, 6.07) is 9.72. The first-order valence-corrected chi connectivity index (χ1v) is 8.25. The van der Waals surface area contributed by atoms with E-state index in [1.54, 1.807) is 47.4 Å². The number of benzene rings is 1. The second-order valence-corrected chi connectivity index (χ2v) is 5.98. The molecule has 0 unspecified atom stereocenters. The predicted molar refractivity (Wildman–Crippen MR) is 95.4 cm³/mol. The lowest BCUT2D eigenvalue weighted by Crippen LogP contribution is -2.21. The molecule has 7 nitrogen and oxygen atoms in total. The molecule has 0 aliphatic carbocycles. The zero-order valence-electron chi connectivity index (χ0n) is 13.3. The van der Waals surface area contributed by atoms with E-state index in [0.29, 0.717) is 23.0 Å². The number of rotatable bonds is 6. The van der Waals surface area contributed by atoms with E-state index in [4.69, 9.17) is 32.4 Å². The van der Waals surface area contributed by atoms with E-state index in [-0.39, 0.29) is 10.8 Å². The maximum Gasteiger partial charge on any atom is 0.374 e. The summed E-state index contributed by atoms with van der Waals surface area (Å²) < 4.78 is 12.0. The van der Waals surface area contributed by atoms with Crippen molar-refractivity contribution in [2.45, 2.75) is 6.54 Å². The van der Waals surface area contributed by atoms with Crippen molar-refractivity contribution in [1.82, 2.24) is 9.78 Å². The second kappa shape index (κ2) is 8.07. The first-order valence-electron chi connectivity index (χ1n) is 7.50. The average molecular weight is 394 g/mol. The van der Waals surface area contributed by atoms with Crippen molar-refractivity contribution in [2.75, 3.05) is 11.9 Å². The summed E-state index contributed by atoms with van der Waals surface area (Å²) in [6.45, 7) is -0.106. The molecule has 0 atom stereocenters. The van der Waals surface area contributed by atoms with Gasteiger partial charge in [-0.15, -0.1) is 0 Å². The molecule has 0 saturated carbocycles. The molecule has 0 aliphatic rings. The quantitative estimate of drug-likeness (QED) is 0.646. The molecule has 2 heterocycles. The van der Waals surface area contributed by atoms with E-state index in [2.05, 4.69) is 10.4 Å². The molecular formula is C17H13Cl2N3O4. The maximum atomic E-state index is 12.0. The Balaban J connectivity index is 1.53. The topological polar surface area (TPSA) is 86.4 Å². The number of amides is 1. The van der Waals surface area contributed by atoms with Gasteiger partial charge in [0.2, 0.25) is 5.76 Å². The number of anilines is 1. The largest absolute Gasteiger partial charge is 0.452 e. The SMILES string of the molecule is O=C(COC(=O)c1ccc(Cn2cccn2)o1)Nc1cccc(Cl)c1Cl. The van der Waals surface area contributed by atoms with Gasteiger partial charge in [0.1, 0.15) is 5.76 Å². The smallest absolute Gasteiger partial charge is 0.374 e. The van der Waals surface area contributed by atoms with Crippen LogP contribution < -0.4 is 5.32 Å². The Labute approximate surface area is 158 Å². The van der Waals surface area contributed by atoms with Crippen LogP contribution in [0.3, 0.4) is 0 Å². The van der Waals surface area contributed by atoms with Crippen molar-refractivity contribution in [3.05, 3.63) is 70.4 Å². The van der Waals surface area contributed by atoms with Gasteiger partial charge in [-0.1, -0.05) is 29.3 Å². The lowest BCUT2D eigenvalue weighted by molar-refractivity contribution is -0.119. The van der Waals surface area contributed by atoms with E-state index in [1.807, 2.05) is 0 Å². The van der Waals surface area contributed by atoms with Crippen LogP contribution in [0.4, 0.5) is 5.69 Å². The molecule has 2 aromatic heterocycles. The molecule has 0 spiro atoms. The average Bonchev–Trinajstić information content (AvgIpc) is 3.29. The van der Waals surface area contributed by atoms with Crippen LogP contribution in [-0.4, -0.2) is 28.3 Å². The first-order chi connectivity index (χ1) is 12.5. The number of aromatic nitrogens is 2. The highest BCUT2D eigenvalue weighted by molar-refractivity contribution is 6.44. The Morgan fingerprint density at radius 2 is 2.04 bits per heavy atom. The van der Waals surface area contributed by atoms with Crippen molar-refractivity contribution >= 4 is 40.8 Å². The zero-order valence-corrected chi connectivity index (χ0v) is 14.8. The van der Waals surface area contributed by atoms with Gasteiger partial charge in [-0.3, -0.25) is 9.48 Å². The lowest BCUT2D eigenvalue weighted by atomic mass is 10.3. The standard InChI is InChI=1S/C17H13Cl2N3O4/c18-12-3-1-4-13(16(12)19)21-15(23)10-25-17(24)14-6-5-11(26-14)9-22-8-2-7-20-22/h1-8H,9-10H2,(H,21,23). The summed E-state index contributed by atoms with van der Waals surface area (Å²) in [4.78, 5) is 23.9. The lowest BCUT2D eigenvalue weighted by Gasteiger charge is -2.08. The number of esters is 1. The van der Waals surface area contributed by atoms with Crippen LogP contribution in [-0.2, 0) is 16.1 Å². The number of nitrogens with zero attached hydrogens (tertiary/aromatic N) is 2. The van der Waals surface area contributed by atoms with Crippen LogP contribution in [0.25, 0.3) is 0 Å². The number of hydrogen-bond acceptors (Lipinski definition) is 5. The minimum Gasteiger partial charge on any atom is -0.452 e. The highest BCUT2D eigenvalue weighted by Gasteiger charge is 2.16. The Kier molecular flexibility index (Phi) is 5.60. The fourth-order valence-corrected chi connectivity index (χ4v) is 2.46. The summed E-state index contributed by atoms with van der Waals surface area (Å²) in [6.07, 6.45) is 3.41. The van der Waals surface area contributed by atoms with Crippen LogP contribution in [0.15, 0.2) is 53.2 Å². The molecule has 0 aliphatic heterocycles. The van der Waals surface area contributed by atoms with E-state index in [1.165, 1.54) is 6.07 Å².